The maximum Gasteiger partial charge on any atom is 0.407 e. The van der Waals surface area contributed by atoms with Gasteiger partial charge in [-0.25, -0.2) is 9.59 Å². The molecule has 0 aromatic heterocycles. The number of fused-ring (bicyclic) bond motifs is 3. The maximum atomic E-state index is 12.6. The molecule has 2 aromatic carbocycles. The Morgan fingerprint density at radius 3 is 2.09 bits per heavy atom. The third-order valence-corrected chi connectivity index (χ3v) is 5.39. The average Bonchev–Trinajstić information content (AvgIpc) is 3.11. The van der Waals surface area contributed by atoms with Crippen molar-refractivity contribution in [3.05, 3.63) is 59.7 Å². The molecule has 0 fully saturated rings. The molecule has 182 valence electrons. The van der Waals surface area contributed by atoms with Crippen LogP contribution in [0, 0.1) is 0 Å². The Kier molecular flexibility index (Phi) is 7.90. The van der Waals surface area contributed by atoms with E-state index in [0.29, 0.717) is 0 Å². The number of carbonyl (C=O) groups is 3. The Morgan fingerprint density at radius 2 is 1.56 bits per heavy atom. The number of amides is 2. The van der Waals surface area contributed by atoms with Crippen molar-refractivity contribution in [1.29, 1.82) is 0 Å². The van der Waals surface area contributed by atoms with E-state index < -0.39 is 42.3 Å². The van der Waals surface area contributed by atoms with Crippen LogP contribution < -0.4 is 10.6 Å². The fraction of sp³-hybridized carbons (Fsp3) is 0.400. The lowest BCUT2D eigenvalue weighted by molar-refractivity contribution is -0.146. The number of aliphatic hydroxyl groups excluding tert-OH is 1. The second-order valence-electron chi connectivity index (χ2n) is 9.05. The summed E-state index contributed by atoms with van der Waals surface area (Å²) in [4.78, 5) is 35.9. The maximum absolute atomic E-state index is 12.6. The van der Waals surface area contributed by atoms with Crippen LogP contribution >= 0.6 is 0 Å². The third kappa shape index (κ3) is 6.33. The van der Waals surface area contributed by atoms with Crippen LogP contribution in [0.5, 0.6) is 0 Å². The molecule has 2 amide bonds. The van der Waals surface area contributed by atoms with Gasteiger partial charge in [0.2, 0.25) is 5.91 Å². The van der Waals surface area contributed by atoms with Crippen LogP contribution in [0.4, 0.5) is 4.79 Å². The van der Waals surface area contributed by atoms with Gasteiger partial charge in [-0.2, -0.15) is 0 Å². The SMILES string of the molecule is CC(C)(C)OC[C@H](NC(=O)OCC1c2ccccc2-c2ccccc21)C(=O)NCC(O)C(=O)O. The van der Waals surface area contributed by atoms with E-state index in [2.05, 4.69) is 10.6 Å². The third-order valence-electron chi connectivity index (χ3n) is 5.39. The van der Waals surface area contributed by atoms with Gasteiger partial charge in [0.05, 0.1) is 18.8 Å². The lowest BCUT2D eigenvalue weighted by Crippen LogP contribution is -2.52. The average molecular weight is 471 g/mol. The van der Waals surface area contributed by atoms with Gasteiger partial charge < -0.3 is 30.3 Å². The summed E-state index contributed by atoms with van der Waals surface area (Å²) in [5, 5.41) is 23.0. The van der Waals surface area contributed by atoms with E-state index >= 15 is 0 Å². The molecule has 0 aliphatic heterocycles. The molecule has 0 spiro atoms. The minimum Gasteiger partial charge on any atom is -0.479 e. The van der Waals surface area contributed by atoms with Crippen LogP contribution in [0.2, 0.25) is 0 Å². The lowest BCUT2D eigenvalue weighted by atomic mass is 9.98. The van der Waals surface area contributed by atoms with Crippen LogP contribution in [-0.4, -0.2) is 65.7 Å². The Balaban J connectivity index is 1.65. The predicted molar refractivity (Wildman–Crippen MR) is 124 cm³/mol. The molecule has 9 nitrogen and oxygen atoms in total. The van der Waals surface area contributed by atoms with E-state index in [1.807, 2.05) is 48.5 Å². The normalized spacial score (nSPS) is 14.5. The molecule has 3 rings (SSSR count). The second-order valence-corrected chi connectivity index (χ2v) is 9.05. The van der Waals surface area contributed by atoms with Crippen molar-refractivity contribution in [3.63, 3.8) is 0 Å². The highest BCUT2D eigenvalue weighted by Gasteiger charge is 2.30. The molecule has 34 heavy (non-hydrogen) atoms. The predicted octanol–water partition coefficient (Wildman–Crippen LogP) is 2.27. The quantitative estimate of drug-likeness (QED) is 0.442. The van der Waals surface area contributed by atoms with Crippen molar-refractivity contribution >= 4 is 18.0 Å². The highest BCUT2D eigenvalue weighted by molar-refractivity contribution is 5.86. The smallest absolute Gasteiger partial charge is 0.407 e. The number of hydrogen-bond donors (Lipinski definition) is 4. The molecule has 9 heteroatoms. The standard InChI is InChI=1S/C25H30N2O7/c1-25(2,3)34-14-20(22(29)26-12-21(28)23(30)31)27-24(32)33-13-19-17-10-6-4-8-15(17)16-9-5-7-11-18(16)19/h4-11,19-21,28H,12-14H2,1-3H3,(H,26,29)(H,27,32)(H,30,31)/t20-,21?/m0/s1. The Bertz CT molecular complexity index is 1000. The fourth-order valence-electron chi connectivity index (χ4n) is 3.71. The highest BCUT2D eigenvalue weighted by Crippen LogP contribution is 2.44. The van der Waals surface area contributed by atoms with E-state index in [-0.39, 0.29) is 19.1 Å². The zero-order chi connectivity index (χ0) is 24.9. The first-order valence-corrected chi connectivity index (χ1v) is 11.0. The zero-order valence-electron chi connectivity index (χ0n) is 19.4. The molecule has 0 heterocycles. The number of alkyl carbamates (subject to hydrolysis) is 1. The van der Waals surface area contributed by atoms with Crippen LogP contribution in [-0.2, 0) is 19.1 Å². The summed E-state index contributed by atoms with van der Waals surface area (Å²) in [6, 6.07) is 14.7. The molecule has 0 saturated heterocycles. The van der Waals surface area contributed by atoms with E-state index in [1.165, 1.54) is 0 Å². The van der Waals surface area contributed by atoms with E-state index in [0.717, 1.165) is 22.3 Å². The molecule has 0 radical (unpaired) electrons. The van der Waals surface area contributed by atoms with Crippen molar-refractivity contribution in [2.45, 2.75) is 44.4 Å². The van der Waals surface area contributed by atoms with Crippen molar-refractivity contribution in [1.82, 2.24) is 10.6 Å². The Labute approximate surface area is 198 Å². The largest absolute Gasteiger partial charge is 0.479 e. The first-order chi connectivity index (χ1) is 16.1. The van der Waals surface area contributed by atoms with E-state index in [4.69, 9.17) is 14.6 Å². The topological polar surface area (TPSA) is 134 Å². The molecule has 1 aliphatic carbocycles. The van der Waals surface area contributed by atoms with Crippen molar-refractivity contribution in [3.8, 4) is 11.1 Å². The number of aliphatic carboxylic acids is 1. The Hall–Kier alpha value is -3.43. The molecule has 1 aliphatic rings. The van der Waals surface area contributed by atoms with Gasteiger partial charge in [-0.1, -0.05) is 48.5 Å². The summed E-state index contributed by atoms with van der Waals surface area (Å²) in [5.74, 6) is -2.30. The highest BCUT2D eigenvalue weighted by atomic mass is 16.5. The Morgan fingerprint density at radius 1 is 1.00 bits per heavy atom. The first kappa shape index (κ1) is 25.2. The fourth-order valence-corrected chi connectivity index (χ4v) is 3.71. The van der Waals surface area contributed by atoms with Crippen molar-refractivity contribution < 1.29 is 34.1 Å². The van der Waals surface area contributed by atoms with Crippen LogP contribution in [0.1, 0.15) is 37.8 Å². The molecule has 4 N–H and O–H groups in total. The second kappa shape index (κ2) is 10.7. The number of nitrogens with one attached hydrogen (secondary N) is 2. The molecular formula is C25H30N2O7. The molecule has 0 saturated carbocycles. The number of ether oxygens (including phenoxy) is 2. The molecule has 2 atom stereocenters. The molecular weight excluding hydrogens is 440 g/mol. The number of hydrogen-bond acceptors (Lipinski definition) is 6. The number of rotatable bonds is 9. The minimum atomic E-state index is -1.76. The van der Waals surface area contributed by atoms with Gasteiger partial charge >= 0.3 is 12.1 Å². The van der Waals surface area contributed by atoms with E-state index in [9.17, 15) is 19.5 Å². The van der Waals surface area contributed by atoms with Crippen molar-refractivity contribution in [2.24, 2.45) is 0 Å². The van der Waals surface area contributed by atoms with Crippen LogP contribution in [0.15, 0.2) is 48.5 Å². The van der Waals surface area contributed by atoms with Gasteiger partial charge in [-0.3, -0.25) is 4.79 Å². The molecule has 1 unspecified atom stereocenters. The molecule has 2 aromatic rings. The van der Waals surface area contributed by atoms with E-state index in [1.54, 1.807) is 20.8 Å². The van der Waals surface area contributed by atoms with Gasteiger partial charge in [0.15, 0.2) is 6.10 Å². The number of carbonyl (C=O) groups excluding carboxylic acids is 2. The van der Waals surface area contributed by atoms with Crippen LogP contribution in [0.3, 0.4) is 0 Å². The summed E-state index contributed by atoms with van der Waals surface area (Å²) in [5.41, 5.74) is 3.73. The van der Waals surface area contributed by atoms with Crippen LogP contribution in [0.25, 0.3) is 11.1 Å². The summed E-state index contributed by atoms with van der Waals surface area (Å²) in [6.07, 6.45) is -2.57. The number of aliphatic hydroxyl groups is 1. The first-order valence-electron chi connectivity index (χ1n) is 11.0. The van der Waals surface area contributed by atoms with Gasteiger partial charge in [-0.05, 0) is 43.0 Å². The number of benzene rings is 2. The van der Waals surface area contributed by atoms with Gasteiger partial charge in [0.1, 0.15) is 12.6 Å². The summed E-state index contributed by atoms with van der Waals surface area (Å²) in [6.45, 7) is 4.79. The number of carboxylic acid groups (broad SMARTS) is 1. The summed E-state index contributed by atoms with van der Waals surface area (Å²) in [7, 11) is 0. The summed E-state index contributed by atoms with van der Waals surface area (Å²) >= 11 is 0. The molecule has 0 bridgehead atoms. The van der Waals surface area contributed by atoms with Crippen molar-refractivity contribution in [2.75, 3.05) is 19.8 Å². The van der Waals surface area contributed by atoms with Gasteiger partial charge in [0, 0.05) is 5.92 Å². The number of carboxylic acids is 1. The van der Waals surface area contributed by atoms with Gasteiger partial charge in [0.25, 0.3) is 0 Å². The van der Waals surface area contributed by atoms with Gasteiger partial charge in [-0.15, -0.1) is 0 Å². The zero-order valence-corrected chi connectivity index (χ0v) is 19.4. The minimum absolute atomic E-state index is 0.0755. The lowest BCUT2D eigenvalue weighted by Gasteiger charge is -2.25. The monoisotopic (exact) mass is 470 g/mol. The summed E-state index contributed by atoms with van der Waals surface area (Å²) < 4.78 is 11.1.